The van der Waals surface area contributed by atoms with E-state index in [0.29, 0.717) is 0 Å². The molecule has 2 aliphatic heterocycles. The minimum atomic E-state index is 0.0698. The molecule has 0 unspecified atom stereocenters. The van der Waals surface area contributed by atoms with Crippen LogP contribution >= 0.6 is 34.0 Å². The summed E-state index contributed by atoms with van der Waals surface area (Å²) >= 11 is 5.70. The summed E-state index contributed by atoms with van der Waals surface area (Å²) in [6.45, 7) is 0.0698. The number of para-hydroxylation sites is 1. The van der Waals surface area contributed by atoms with Crippen LogP contribution in [0.25, 0.3) is 105 Å². The fraction of sp³-hybridized carbons (Fsp3) is 0. The van der Waals surface area contributed by atoms with Gasteiger partial charge in [0.05, 0.1) is 11.4 Å². The Bertz CT molecular complexity index is 4050. The highest BCUT2D eigenvalue weighted by atomic mass is 32.1. The van der Waals surface area contributed by atoms with Crippen LogP contribution in [0.3, 0.4) is 0 Å². The van der Waals surface area contributed by atoms with Crippen LogP contribution in [-0.2, 0) is 0 Å². The number of thiophene rings is 3. The molecule has 15 rings (SSSR count). The summed E-state index contributed by atoms with van der Waals surface area (Å²) in [5.41, 5.74) is 14.8. The molecule has 2 nitrogen and oxygen atoms in total. The van der Waals surface area contributed by atoms with E-state index < -0.39 is 0 Å². The molecule has 0 spiro atoms. The standard InChI is InChI=1S/C54H28BNOS3/c1-5-17-40-31(11-1)48-30(15-9-18-41(48)57-40)29-27-35-49-36(23-25-46-51(49)33-13-3-7-20-43(33)59-46)55-37-24-26-47-52(34-14-4-8-21-44(34)60-47)54(37)56(39(28-29)53(35)55)38-16-10-22-45-50(38)32-12-2-6-19-42(32)58-45/h1-28H. The van der Waals surface area contributed by atoms with E-state index in [1.54, 1.807) is 0 Å². The van der Waals surface area contributed by atoms with E-state index in [-0.39, 0.29) is 6.71 Å². The molecule has 0 radical (unpaired) electrons. The minimum absolute atomic E-state index is 0.0698. The maximum absolute atomic E-state index is 6.53. The zero-order valence-electron chi connectivity index (χ0n) is 31.8. The first-order valence-electron chi connectivity index (χ1n) is 20.4. The number of anilines is 3. The first kappa shape index (κ1) is 32.2. The van der Waals surface area contributed by atoms with E-state index in [1.165, 1.54) is 116 Å². The van der Waals surface area contributed by atoms with Gasteiger partial charge in [-0.2, -0.15) is 0 Å². The number of furan rings is 1. The summed E-state index contributed by atoms with van der Waals surface area (Å²) < 4.78 is 14.4. The summed E-state index contributed by atoms with van der Waals surface area (Å²) in [4.78, 5) is 2.68. The van der Waals surface area contributed by atoms with Crippen LogP contribution in [0, 0.1) is 0 Å². The van der Waals surface area contributed by atoms with Crippen molar-refractivity contribution in [2.45, 2.75) is 0 Å². The SMILES string of the molecule is c1ccc2c(c1)oc1cccc(-c3cc4c5c(c3)N(c3cccc6sc7ccccc7c36)c3c(ccc6sc7ccccc7c36)B5c3ccc5sc6ccccc6c5c3-4)c12. The van der Waals surface area contributed by atoms with Crippen molar-refractivity contribution in [1.29, 1.82) is 0 Å². The molecule has 4 aromatic heterocycles. The fourth-order valence-electron chi connectivity index (χ4n) is 10.9. The lowest BCUT2D eigenvalue weighted by atomic mass is 9.37. The van der Waals surface area contributed by atoms with Gasteiger partial charge in [-0.15, -0.1) is 34.0 Å². The number of hydrogen-bond acceptors (Lipinski definition) is 5. The molecule has 0 atom stereocenters. The Balaban J connectivity index is 1.16. The zero-order valence-corrected chi connectivity index (χ0v) is 34.3. The highest BCUT2D eigenvalue weighted by Crippen LogP contribution is 2.53. The van der Waals surface area contributed by atoms with E-state index in [1.807, 2.05) is 34.0 Å². The third-order valence-electron chi connectivity index (χ3n) is 13.3. The second-order valence-electron chi connectivity index (χ2n) is 16.2. The number of rotatable bonds is 2. The lowest BCUT2D eigenvalue weighted by Gasteiger charge is -2.37. The van der Waals surface area contributed by atoms with Gasteiger partial charge >= 0.3 is 0 Å². The Morgan fingerprint density at radius 1 is 0.400 bits per heavy atom. The highest BCUT2D eigenvalue weighted by molar-refractivity contribution is 7.27. The Morgan fingerprint density at radius 3 is 1.75 bits per heavy atom. The van der Waals surface area contributed by atoms with Crippen molar-refractivity contribution >= 4 is 157 Å². The second kappa shape index (κ2) is 11.5. The first-order chi connectivity index (χ1) is 29.8. The van der Waals surface area contributed by atoms with E-state index >= 15 is 0 Å². The maximum atomic E-state index is 6.53. The summed E-state index contributed by atoms with van der Waals surface area (Å²) in [5, 5.41) is 10.3. The summed E-state index contributed by atoms with van der Waals surface area (Å²) in [6, 6.07) is 63.7. The minimum Gasteiger partial charge on any atom is -0.456 e. The summed E-state index contributed by atoms with van der Waals surface area (Å²) in [5.74, 6) is 0. The third kappa shape index (κ3) is 4.04. The predicted molar refractivity (Wildman–Crippen MR) is 263 cm³/mol. The van der Waals surface area contributed by atoms with Gasteiger partial charge in [0.1, 0.15) is 11.2 Å². The molecule has 60 heavy (non-hydrogen) atoms. The molecule has 0 aliphatic carbocycles. The van der Waals surface area contributed by atoms with Gasteiger partial charge in [-0.25, -0.2) is 0 Å². The maximum Gasteiger partial charge on any atom is 0.248 e. The molecule has 0 saturated heterocycles. The average molecular weight is 814 g/mol. The molecule has 9 aromatic carbocycles. The molecule has 6 heterocycles. The topological polar surface area (TPSA) is 16.4 Å². The highest BCUT2D eigenvalue weighted by Gasteiger charge is 2.45. The van der Waals surface area contributed by atoms with Gasteiger partial charge in [-0.05, 0) is 99.9 Å². The van der Waals surface area contributed by atoms with Crippen molar-refractivity contribution in [1.82, 2.24) is 0 Å². The Kier molecular flexibility index (Phi) is 6.18. The van der Waals surface area contributed by atoms with Crippen molar-refractivity contribution in [3.63, 3.8) is 0 Å². The van der Waals surface area contributed by atoms with Gasteiger partial charge in [-0.1, -0.05) is 109 Å². The van der Waals surface area contributed by atoms with Gasteiger partial charge in [-0.3, -0.25) is 0 Å². The Labute approximate surface area is 355 Å². The van der Waals surface area contributed by atoms with Crippen LogP contribution in [0.2, 0.25) is 0 Å². The average Bonchev–Trinajstić information content (AvgIpc) is 4.11. The van der Waals surface area contributed by atoms with Crippen molar-refractivity contribution in [2.75, 3.05) is 4.90 Å². The molecular formula is C54H28BNOS3. The van der Waals surface area contributed by atoms with E-state index in [0.717, 1.165) is 21.9 Å². The van der Waals surface area contributed by atoms with E-state index in [4.69, 9.17) is 4.42 Å². The van der Waals surface area contributed by atoms with Crippen molar-refractivity contribution in [3.8, 4) is 22.3 Å². The normalized spacial score (nSPS) is 13.3. The summed E-state index contributed by atoms with van der Waals surface area (Å²) in [7, 11) is 0. The van der Waals surface area contributed by atoms with Gasteiger partial charge < -0.3 is 9.32 Å². The number of benzene rings is 9. The number of nitrogens with zero attached hydrogens (tertiary/aromatic N) is 1. The zero-order chi connectivity index (χ0) is 38.8. The molecule has 13 aromatic rings. The van der Waals surface area contributed by atoms with Gasteiger partial charge in [0.15, 0.2) is 0 Å². The lowest BCUT2D eigenvalue weighted by Crippen LogP contribution is -2.54. The van der Waals surface area contributed by atoms with E-state index in [2.05, 4.69) is 175 Å². The van der Waals surface area contributed by atoms with Crippen LogP contribution in [-0.4, -0.2) is 6.71 Å². The molecule has 0 amide bonds. The Morgan fingerprint density at radius 2 is 0.983 bits per heavy atom. The monoisotopic (exact) mass is 813 g/mol. The van der Waals surface area contributed by atoms with Crippen molar-refractivity contribution in [2.24, 2.45) is 0 Å². The largest absolute Gasteiger partial charge is 0.456 e. The molecule has 6 heteroatoms. The number of hydrogen-bond donors (Lipinski definition) is 0. The molecular weight excluding hydrogens is 786 g/mol. The van der Waals surface area contributed by atoms with Crippen LogP contribution in [0.1, 0.15) is 0 Å². The van der Waals surface area contributed by atoms with Gasteiger partial charge in [0.2, 0.25) is 6.71 Å². The van der Waals surface area contributed by atoms with Gasteiger partial charge in [0.25, 0.3) is 0 Å². The molecule has 0 fully saturated rings. The molecule has 0 bridgehead atoms. The second-order valence-corrected chi connectivity index (χ2v) is 19.5. The molecule has 0 N–H and O–H groups in total. The smallest absolute Gasteiger partial charge is 0.248 e. The molecule has 276 valence electrons. The summed E-state index contributed by atoms with van der Waals surface area (Å²) in [6.07, 6.45) is 0. The fourth-order valence-corrected chi connectivity index (χ4v) is 14.3. The van der Waals surface area contributed by atoms with Crippen molar-refractivity contribution < 1.29 is 4.42 Å². The first-order valence-corrected chi connectivity index (χ1v) is 22.9. The van der Waals surface area contributed by atoms with E-state index in [9.17, 15) is 0 Å². The number of fused-ring (bicyclic) bond motifs is 19. The molecule has 2 aliphatic rings. The lowest BCUT2D eigenvalue weighted by molar-refractivity contribution is 0.669. The van der Waals surface area contributed by atoms with Crippen LogP contribution in [0.15, 0.2) is 174 Å². The quantitative estimate of drug-likeness (QED) is 0.162. The van der Waals surface area contributed by atoms with Gasteiger partial charge in [0, 0.05) is 77.0 Å². The predicted octanol–water partition coefficient (Wildman–Crippen LogP) is 14.6. The van der Waals surface area contributed by atoms with Crippen LogP contribution in [0.5, 0.6) is 0 Å². The third-order valence-corrected chi connectivity index (χ3v) is 16.7. The van der Waals surface area contributed by atoms with Crippen LogP contribution < -0.4 is 21.3 Å². The van der Waals surface area contributed by atoms with Crippen LogP contribution in [0.4, 0.5) is 17.1 Å². The Hall–Kier alpha value is -6.70. The van der Waals surface area contributed by atoms with Crippen molar-refractivity contribution in [3.05, 3.63) is 170 Å². The molecule has 0 saturated carbocycles.